The summed E-state index contributed by atoms with van der Waals surface area (Å²) in [5, 5.41) is 8.28. The van der Waals surface area contributed by atoms with Crippen molar-refractivity contribution in [3.05, 3.63) is 60.5 Å². The molecular weight excluding hydrogens is 283 g/mol. The lowest BCUT2D eigenvalue weighted by Crippen LogP contribution is -2.35. The van der Waals surface area contributed by atoms with Gasteiger partial charge in [-0.2, -0.15) is 10.2 Å². The van der Waals surface area contributed by atoms with Gasteiger partial charge in [-0.25, -0.2) is 14.4 Å². The van der Waals surface area contributed by atoms with Crippen LogP contribution < -0.4 is 0 Å². The third-order valence-electron chi connectivity index (χ3n) is 3.73. The third-order valence-corrected chi connectivity index (χ3v) is 3.73. The zero-order chi connectivity index (χ0) is 15.6. The fourth-order valence-electron chi connectivity index (χ4n) is 2.67. The van der Waals surface area contributed by atoms with Crippen LogP contribution in [0.5, 0.6) is 0 Å². The first-order chi connectivity index (χ1) is 10.6. The van der Waals surface area contributed by atoms with Crippen LogP contribution in [-0.4, -0.2) is 29.5 Å². The molecule has 0 amide bonds. The van der Waals surface area contributed by atoms with Gasteiger partial charge in [0.2, 0.25) is 0 Å². The van der Waals surface area contributed by atoms with Gasteiger partial charge in [0, 0.05) is 5.41 Å². The Kier molecular flexibility index (Phi) is 3.70. The molecule has 0 fully saturated rings. The first kappa shape index (κ1) is 14.4. The summed E-state index contributed by atoms with van der Waals surface area (Å²) in [7, 11) is 0. The summed E-state index contributed by atoms with van der Waals surface area (Å²) in [5.41, 5.74) is 0.994. The quantitative estimate of drug-likeness (QED) is 0.723. The number of aromatic nitrogens is 6. The fourth-order valence-corrected chi connectivity index (χ4v) is 2.67. The molecular formula is C15H17FN6. The van der Waals surface area contributed by atoms with E-state index in [1.54, 1.807) is 28.1 Å². The Balaban J connectivity index is 2.01. The lowest BCUT2D eigenvalue weighted by atomic mass is 9.81. The zero-order valence-electron chi connectivity index (χ0n) is 12.5. The number of halogens is 1. The smallest absolute Gasteiger partial charge is 0.137 e. The van der Waals surface area contributed by atoms with Gasteiger partial charge in [0.1, 0.15) is 31.1 Å². The molecule has 0 aliphatic rings. The molecule has 0 atom stereocenters. The van der Waals surface area contributed by atoms with Crippen molar-refractivity contribution >= 4 is 0 Å². The van der Waals surface area contributed by atoms with Crippen LogP contribution in [-0.2, 0) is 18.5 Å². The highest BCUT2D eigenvalue weighted by atomic mass is 19.1. The molecule has 0 saturated heterocycles. The van der Waals surface area contributed by atoms with Gasteiger partial charge in [-0.3, -0.25) is 9.36 Å². The van der Waals surface area contributed by atoms with Crippen molar-refractivity contribution in [3.8, 4) is 0 Å². The molecule has 0 N–H and O–H groups in total. The molecule has 22 heavy (non-hydrogen) atoms. The number of rotatable bonds is 5. The third kappa shape index (κ3) is 2.88. The largest absolute Gasteiger partial charge is 0.252 e. The molecule has 0 aliphatic heterocycles. The second-order valence-electron chi connectivity index (χ2n) is 5.73. The predicted octanol–water partition coefficient (Wildman–Crippen LogP) is 1.98. The normalized spacial score (nSPS) is 11.8. The fraction of sp³-hybridized carbons (Fsp3) is 0.333. The Morgan fingerprint density at radius 3 is 2.09 bits per heavy atom. The Hall–Kier alpha value is -2.57. The Labute approximate surface area is 127 Å². The van der Waals surface area contributed by atoms with Gasteiger partial charge >= 0.3 is 0 Å². The van der Waals surface area contributed by atoms with Crippen molar-refractivity contribution in [2.24, 2.45) is 0 Å². The molecule has 7 heteroatoms. The number of aryl methyl sites for hydroxylation is 1. The van der Waals surface area contributed by atoms with E-state index < -0.39 is 5.41 Å². The first-order valence-electron chi connectivity index (χ1n) is 6.98. The summed E-state index contributed by atoms with van der Waals surface area (Å²) in [6, 6.07) is 5.30. The van der Waals surface area contributed by atoms with Crippen LogP contribution in [0.3, 0.4) is 0 Å². The highest BCUT2D eigenvalue weighted by Crippen LogP contribution is 2.30. The molecule has 0 aliphatic carbocycles. The standard InChI is InChI=1S/C15H17FN6/c1-12-3-4-13(14(16)5-12)15(2,6-21-10-17-8-19-21)7-22-11-18-9-20-22/h3-5,8-11H,6-7H2,1-2H3. The highest BCUT2D eigenvalue weighted by Gasteiger charge is 2.31. The van der Waals surface area contributed by atoms with Crippen LogP contribution in [0.1, 0.15) is 18.1 Å². The Morgan fingerprint density at radius 2 is 1.64 bits per heavy atom. The maximum absolute atomic E-state index is 14.5. The topological polar surface area (TPSA) is 61.4 Å². The number of hydrogen-bond acceptors (Lipinski definition) is 4. The van der Waals surface area contributed by atoms with E-state index in [4.69, 9.17) is 0 Å². The van der Waals surface area contributed by atoms with Crippen molar-refractivity contribution in [2.45, 2.75) is 32.4 Å². The lowest BCUT2D eigenvalue weighted by molar-refractivity contribution is 0.302. The second-order valence-corrected chi connectivity index (χ2v) is 5.73. The maximum atomic E-state index is 14.5. The second kappa shape index (κ2) is 5.67. The minimum absolute atomic E-state index is 0.220. The number of nitrogens with zero attached hydrogens (tertiary/aromatic N) is 6. The molecule has 0 bridgehead atoms. The van der Waals surface area contributed by atoms with Crippen LogP contribution >= 0.6 is 0 Å². The van der Waals surface area contributed by atoms with E-state index in [-0.39, 0.29) is 5.82 Å². The van der Waals surface area contributed by atoms with Crippen molar-refractivity contribution in [3.63, 3.8) is 0 Å². The van der Waals surface area contributed by atoms with Crippen LogP contribution in [0.25, 0.3) is 0 Å². The van der Waals surface area contributed by atoms with E-state index in [1.165, 1.54) is 12.7 Å². The van der Waals surface area contributed by atoms with E-state index >= 15 is 0 Å². The summed E-state index contributed by atoms with van der Waals surface area (Å²) in [6.07, 6.45) is 6.21. The van der Waals surface area contributed by atoms with Gasteiger partial charge in [0.15, 0.2) is 0 Å². The number of benzene rings is 1. The van der Waals surface area contributed by atoms with Crippen molar-refractivity contribution in [1.29, 1.82) is 0 Å². The summed E-state index contributed by atoms with van der Waals surface area (Å²) in [5.74, 6) is -0.220. The van der Waals surface area contributed by atoms with Gasteiger partial charge in [0.05, 0.1) is 13.1 Å². The minimum Gasteiger partial charge on any atom is -0.252 e. The van der Waals surface area contributed by atoms with Gasteiger partial charge in [-0.15, -0.1) is 0 Å². The molecule has 114 valence electrons. The zero-order valence-corrected chi connectivity index (χ0v) is 12.5. The summed E-state index contributed by atoms with van der Waals surface area (Å²) >= 11 is 0. The van der Waals surface area contributed by atoms with E-state index in [0.717, 1.165) is 5.56 Å². The van der Waals surface area contributed by atoms with Crippen LogP contribution in [0.2, 0.25) is 0 Å². The molecule has 0 spiro atoms. The molecule has 3 aromatic rings. The highest BCUT2D eigenvalue weighted by molar-refractivity contribution is 5.29. The van der Waals surface area contributed by atoms with E-state index in [9.17, 15) is 4.39 Å². The summed E-state index contributed by atoms with van der Waals surface area (Å²) < 4.78 is 17.9. The molecule has 6 nitrogen and oxygen atoms in total. The van der Waals surface area contributed by atoms with Crippen LogP contribution in [0, 0.1) is 12.7 Å². The molecule has 1 aromatic carbocycles. The van der Waals surface area contributed by atoms with Gasteiger partial charge in [-0.1, -0.05) is 19.1 Å². The molecule has 2 heterocycles. The van der Waals surface area contributed by atoms with Crippen LogP contribution in [0.15, 0.2) is 43.5 Å². The van der Waals surface area contributed by atoms with Crippen molar-refractivity contribution < 1.29 is 4.39 Å². The molecule has 0 unspecified atom stereocenters. The van der Waals surface area contributed by atoms with Gasteiger partial charge < -0.3 is 0 Å². The summed E-state index contributed by atoms with van der Waals surface area (Å²) in [6.45, 7) is 4.85. The lowest BCUT2D eigenvalue weighted by Gasteiger charge is -2.30. The molecule has 0 saturated carbocycles. The van der Waals surface area contributed by atoms with Crippen molar-refractivity contribution in [1.82, 2.24) is 29.5 Å². The maximum Gasteiger partial charge on any atom is 0.137 e. The van der Waals surface area contributed by atoms with E-state index in [2.05, 4.69) is 20.2 Å². The van der Waals surface area contributed by atoms with E-state index in [1.807, 2.05) is 26.0 Å². The monoisotopic (exact) mass is 300 g/mol. The molecule has 2 aromatic heterocycles. The average molecular weight is 300 g/mol. The summed E-state index contributed by atoms with van der Waals surface area (Å²) in [4.78, 5) is 7.91. The average Bonchev–Trinajstić information content (AvgIpc) is 3.12. The van der Waals surface area contributed by atoms with Gasteiger partial charge in [-0.05, 0) is 24.1 Å². The van der Waals surface area contributed by atoms with Crippen molar-refractivity contribution in [2.75, 3.05) is 0 Å². The SMILES string of the molecule is Cc1ccc(C(C)(Cn2cncn2)Cn2cncn2)c(F)c1. The van der Waals surface area contributed by atoms with Gasteiger partial charge in [0.25, 0.3) is 0 Å². The predicted molar refractivity (Wildman–Crippen MR) is 78.5 cm³/mol. The molecule has 3 rings (SSSR count). The Morgan fingerprint density at radius 1 is 1.05 bits per heavy atom. The number of hydrogen-bond donors (Lipinski definition) is 0. The molecule has 0 radical (unpaired) electrons. The van der Waals surface area contributed by atoms with Crippen LogP contribution in [0.4, 0.5) is 4.39 Å². The minimum atomic E-state index is -0.529. The Bertz CT molecular complexity index is 699. The first-order valence-corrected chi connectivity index (χ1v) is 6.98. The van der Waals surface area contributed by atoms with E-state index in [0.29, 0.717) is 18.7 Å².